The number of rotatable bonds is 4. The minimum Gasteiger partial charge on any atom is -0.381 e. The lowest BCUT2D eigenvalue weighted by atomic mass is 10.5. The van der Waals surface area contributed by atoms with E-state index in [1.165, 1.54) is 4.68 Å². The first-order valence-electron chi connectivity index (χ1n) is 5.26. The highest BCUT2D eigenvalue weighted by atomic mass is 32.2. The van der Waals surface area contributed by atoms with Gasteiger partial charge in [-0.3, -0.25) is 9.48 Å². The number of nitrogen functional groups attached to an aromatic ring is 1. The van der Waals surface area contributed by atoms with Crippen LogP contribution in [0, 0.1) is 6.92 Å². The lowest BCUT2D eigenvalue weighted by Gasteiger charge is -2.05. The van der Waals surface area contributed by atoms with Crippen molar-refractivity contribution in [3.8, 4) is 0 Å². The van der Waals surface area contributed by atoms with E-state index in [1.807, 2.05) is 0 Å². The number of aromatic nitrogens is 3. The van der Waals surface area contributed by atoms with Crippen LogP contribution < -0.4 is 15.3 Å². The van der Waals surface area contributed by atoms with Gasteiger partial charge in [-0.1, -0.05) is 11.3 Å². The lowest BCUT2D eigenvalue weighted by molar-refractivity contribution is 0.579. The first-order valence-corrected chi connectivity index (χ1v) is 7.63. The van der Waals surface area contributed by atoms with Gasteiger partial charge in [-0.2, -0.15) is 5.10 Å². The zero-order chi connectivity index (χ0) is 14.2. The average Bonchev–Trinajstić information content (AvgIpc) is 2.82. The second-order valence-corrected chi connectivity index (χ2v) is 6.47. The summed E-state index contributed by atoms with van der Waals surface area (Å²) < 4.78 is 28.0. The third-order valence-electron chi connectivity index (χ3n) is 2.60. The van der Waals surface area contributed by atoms with Gasteiger partial charge in [-0.15, -0.1) is 0 Å². The Hall–Kier alpha value is -1.65. The van der Waals surface area contributed by atoms with E-state index in [0.717, 1.165) is 11.3 Å². The molecule has 2 aromatic rings. The van der Waals surface area contributed by atoms with Gasteiger partial charge < -0.3 is 10.7 Å². The van der Waals surface area contributed by atoms with Crippen molar-refractivity contribution in [3.05, 3.63) is 26.4 Å². The quantitative estimate of drug-likeness (QED) is 0.705. The number of thiazole rings is 1. The molecule has 19 heavy (non-hydrogen) atoms. The standard InChI is InChI=1S/C9H13N5O3S2/c1-5-7(8(10)13-14(5)2)19(16,17)11-3-6-4-18-9(15)12-6/h4,11H,3H2,1-2H3,(H2,10,13)(H,12,15). The molecule has 0 aliphatic carbocycles. The van der Waals surface area contributed by atoms with E-state index in [-0.39, 0.29) is 22.1 Å². The fourth-order valence-corrected chi connectivity index (χ4v) is 3.50. The smallest absolute Gasteiger partial charge is 0.304 e. The zero-order valence-electron chi connectivity index (χ0n) is 10.3. The van der Waals surface area contributed by atoms with E-state index in [4.69, 9.17) is 5.73 Å². The number of aromatic amines is 1. The van der Waals surface area contributed by atoms with Crippen LogP contribution >= 0.6 is 11.3 Å². The molecular formula is C9H13N5O3S2. The van der Waals surface area contributed by atoms with Crippen molar-refractivity contribution in [2.24, 2.45) is 7.05 Å². The molecule has 0 atom stereocenters. The van der Waals surface area contributed by atoms with Crippen LogP contribution in [-0.2, 0) is 23.6 Å². The Morgan fingerprint density at radius 2 is 2.26 bits per heavy atom. The molecule has 0 fully saturated rings. The summed E-state index contributed by atoms with van der Waals surface area (Å²) in [6.45, 7) is 1.61. The number of nitrogens with one attached hydrogen (secondary N) is 2. The molecule has 4 N–H and O–H groups in total. The van der Waals surface area contributed by atoms with Gasteiger partial charge in [0.15, 0.2) is 5.82 Å². The van der Waals surface area contributed by atoms with Crippen LogP contribution in [0.1, 0.15) is 11.4 Å². The summed E-state index contributed by atoms with van der Waals surface area (Å²) in [7, 11) is -2.15. The Kier molecular flexibility index (Phi) is 3.47. The number of hydrogen-bond acceptors (Lipinski definition) is 6. The monoisotopic (exact) mass is 303 g/mol. The summed E-state index contributed by atoms with van der Waals surface area (Å²) in [6, 6.07) is 0. The molecule has 0 bridgehead atoms. The maximum absolute atomic E-state index is 12.1. The summed E-state index contributed by atoms with van der Waals surface area (Å²) in [5.74, 6) is -0.0497. The van der Waals surface area contributed by atoms with Crippen molar-refractivity contribution in [3.63, 3.8) is 0 Å². The van der Waals surface area contributed by atoms with Gasteiger partial charge in [0.25, 0.3) is 0 Å². The van der Waals surface area contributed by atoms with Gasteiger partial charge in [0, 0.05) is 18.1 Å². The first-order chi connectivity index (χ1) is 8.81. The number of sulfonamides is 1. The summed E-state index contributed by atoms with van der Waals surface area (Å²) in [5.41, 5.74) is 6.54. The SMILES string of the molecule is Cc1c(S(=O)(=O)NCc2csc(=O)[nH]2)c(N)nn1C. The summed E-state index contributed by atoms with van der Waals surface area (Å²) in [6.07, 6.45) is 0. The van der Waals surface area contributed by atoms with Crippen LogP contribution in [0.15, 0.2) is 15.1 Å². The van der Waals surface area contributed by atoms with Crippen molar-refractivity contribution < 1.29 is 8.42 Å². The molecule has 0 saturated heterocycles. The molecule has 2 heterocycles. The van der Waals surface area contributed by atoms with Crippen molar-refractivity contribution in [1.82, 2.24) is 19.5 Å². The molecule has 0 aliphatic heterocycles. The van der Waals surface area contributed by atoms with Crippen molar-refractivity contribution >= 4 is 27.2 Å². The second kappa shape index (κ2) is 4.79. The molecule has 2 aromatic heterocycles. The third kappa shape index (κ3) is 2.69. The lowest BCUT2D eigenvalue weighted by Crippen LogP contribution is -2.25. The second-order valence-electron chi connectivity index (χ2n) is 3.92. The zero-order valence-corrected chi connectivity index (χ0v) is 11.9. The highest BCUT2D eigenvalue weighted by Gasteiger charge is 2.24. The maximum atomic E-state index is 12.1. The van der Waals surface area contributed by atoms with Crippen LogP contribution in [-0.4, -0.2) is 23.2 Å². The van der Waals surface area contributed by atoms with Gasteiger partial charge in [0.1, 0.15) is 4.90 Å². The molecule has 10 heteroatoms. The van der Waals surface area contributed by atoms with Gasteiger partial charge >= 0.3 is 4.87 Å². The number of nitrogens with zero attached hydrogens (tertiary/aromatic N) is 2. The van der Waals surface area contributed by atoms with Crippen LogP contribution in [0.25, 0.3) is 0 Å². The summed E-state index contributed by atoms with van der Waals surface area (Å²) >= 11 is 0.974. The molecule has 0 aliphatic rings. The number of H-pyrrole nitrogens is 1. The third-order valence-corrected chi connectivity index (χ3v) is 4.88. The van der Waals surface area contributed by atoms with E-state index < -0.39 is 10.0 Å². The number of aryl methyl sites for hydroxylation is 1. The van der Waals surface area contributed by atoms with Crippen molar-refractivity contribution in [1.29, 1.82) is 0 Å². The van der Waals surface area contributed by atoms with Crippen LogP contribution in [0.4, 0.5) is 5.82 Å². The molecule has 0 amide bonds. The molecule has 0 radical (unpaired) electrons. The van der Waals surface area contributed by atoms with Crippen LogP contribution in [0.3, 0.4) is 0 Å². The Bertz CT molecular complexity index is 755. The van der Waals surface area contributed by atoms with E-state index in [0.29, 0.717) is 11.4 Å². The van der Waals surface area contributed by atoms with Crippen LogP contribution in [0.2, 0.25) is 0 Å². The van der Waals surface area contributed by atoms with Crippen LogP contribution in [0.5, 0.6) is 0 Å². The predicted octanol–water partition coefficient (Wildman–Crippen LogP) is -0.461. The number of hydrogen-bond donors (Lipinski definition) is 3. The first kappa shape index (κ1) is 13.8. The fourth-order valence-electron chi connectivity index (χ4n) is 1.59. The Labute approximate surface area is 113 Å². The van der Waals surface area contributed by atoms with Gasteiger partial charge in [-0.25, -0.2) is 13.1 Å². The van der Waals surface area contributed by atoms with E-state index in [1.54, 1.807) is 19.4 Å². The molecule has 104 valence electrons. The minimum atomic E-state index is -3.77. The molecule has 2 rings (SSSR count). The van der Waals surface area contributed by atoms with E-state index in [9.17, 15) is 13.2 Å². The molecular weight excluding hydrogens is 290 g/mol. The molecule has 0 spiro atoms. The number of nitrogens with two attached hydrogens (primary N) is 1. The Morgan fingerprint density at radius 3 is 2.74 bits per heavy atom. The molecule has 0 aromatic carbocycles. The normalized spacial score (nSPS) is 11.9. The van der Waals surface area contributed by atoms with Gasteiger partial charge in [0.2, 0.25) is 10.0 Å². The van der Waals surface area contributed by atoms with Gasteiger partial charge in [0.05, 0.1) is 12.2 Å². The summed E-state index contributed by atoms with van der Waals surface area (Å²) in [4.78, 5) is 13.2. The van der Waals surface area contributed by atoms with Gasteiger partial charge in [-0.05, 0) is 6.92 Å². The molecule has 0 unspecified atom stereocenters. The highest BCUT2D eigenvalue weighted by Crippen LogP contribution is 2.20. The minimum absolute atomic E-state index is 0.00511. The maximum Gasteiger partial charge on any atom is 0.304 e. The largest absolute Gasteiger partial charge is 0.381 e. The summed E-state index contributed by atoms with van der Waals surface area (Å²) in [5, 5.41) is 5.42. The van der Waals surface area contributed by atoms with Crippen molar-refractivity contribution in [2.45, 2.75) is 18.4 Å². The van der Waals surface area contributed by atoms with E-state index >= 15 is 0 Å². The topological polar surface area (TPSA) is 123 Å². The highest BCUT2D eigenvalue weighted by molar-refractivity contribution is 7.89. The Morgan fingerprint density at radius 1 is 1.58 bits per heavy atom. The molecule has 8 nitrogen and oxygen atoms in total. The Balaban J connectivity index is 2.25. The average molecular weight is 303 g/mol. The van der Waals surface area contributed by atoms with Crippen molar-refractivity contribution in [2.75, 3.05) is 5.73 Å². The molecule has 0 saturated carbocycles. The van der Waals surface area contributed by atoms with E-state index in [2.05, 4.69) is 14.8 Å². The number of anilines is 1. The predicted molar refractivity (Wildman–Crippen MR) is 71.3 cm³/mol. The fraction of sp³-hybridized carbons (Fsp3) is 0.333.